The number of hydrogen-bond donors (Lipinski definition) is 3. The van der Waals surface area contributed by atoms with Crippen LogP contribution in [-0.2, 0) is 13.2 Å². The number of ether oxygens (including phenoxy) is 1. The van der Waals surface area contributed by atoms with E-state index in [0.29, 0.717) is 19.0 Å². The van der Waals surface area contributed by atoms with Crippen LogP contribution in [0.15, 0.2) is 91.4 Å². The average Bonchev–Trinajstić information content (AvgIpc) is 3.41. The van der Waals surface area contributed by atoms with Gasteiger partial charge in [-0.2, -0.15) is 0 Å². The number of carbonyl (C=O) groups excluding carboxylic acids is 1. The van der Waals surface area contributed by atoms with Crippen molar-refractivity contribution in [3.8, 4) is 16.9 Å². The Morgan fingerprint density at radius 1 is 0.952 bits per heavy atom. The third-order valence-electron chi connectivity index (χ3n) is 7.99. The molecule has 3 aromatic carbocycles. The minimum absolute atomic E-state index is 0.122. The number of urea groups is 1. The number of nitrogens with zero attached hydrogens (tertiary/aromatic N) is 3. The molecule has 214 valence electrons. The third kappa shape index (κ3) is 6.22. The van der Waals surface area contributed by atoms with Gasteiger partial charge in [0.1, 0.15) is 30.1 Å². The topological polar surface area (TPSA) is 107 Å². The SMILES string of the molecule is Cc1cccc(CNC(=O)NC2CCC(n3cc(-c4cccc(OCc5ccccc5)c4)c4c(N)ncnc43)CC2)c1. The summed E-state index contributed by atoms with van der Waals surface area (Å²) in [6, 6.07) is 26.7. The van der Waals surface area contributed by atoms with Crippen LogP contribution in [0.3, 0.4) is 0 Å². The molecule has 5 aromatic rings. The standard InChI is InChI=1S/C34H36N6O2/c1-23-7-5-10-25(17-23)19-36-34(41)39-27-13-15-28(16-14-27)40-20-30(31-32(35)37-22-38-33(31)40)26-11-6-12-29(18-26)42-21-24-8-3-2-4-9-24/h2-12,17-18,20,22,27-28H,13-16,19,21H2,1H3,(H2,35,37,38)(H2,36,39,41). The molecule has 2 amide bonds. The molecule has 4 N–H and O–H groups in total. The van der Waals surface area contributed by atoms with Crippen LogP contribution >= 0.6 is 0 Å². The molecular weight excluding hydrogens is 524 g/mol. The number of fused-ring (bicyclic) bond motifs is 1. The Bertz CT molecular complexity index is 1670. The highest BCUT2D eigenvalue weighted by Gasteiger charge is 2.26. The molecule has 1 aliphatic carbocycles. The number of amides is 2. The van der Waals surface area contributed by atoms with Gasteiger partial charge in [-0.3, -0.25) is 0 Å². The van der Waals surface area contributed by atoms with Crippen molar-refractivity contribution in [3.63, 3.8) is 0 Å². The minimum atomic E-state index is -0.122. The van der Waals surface area contributed by atoms with E-state index in [1.165, 1.54) is 11.9 Å². The number of nitrogens with two attached hydrogens (primary N) is 1. The Labute approximate surface area is 246 Å². The summed E-state index contributed by atoms with van der Waals surface area (Å²) >= 11 is 0. The summed E-state index contributed by atoms with van der Waals surface area (Å²) in [5, 5.41) is 7.01. The zero-order valence-corrected chi connectivity index (χ0v) is 23.8. The van der Waals surface area contributed by atoms with E-state index in [9.17, 15) is 4.79 Å². The molecule has 0 radical (unpaired) electrons. The van der Waals surface area contributed by atoms with Gasteiger partial charge in [-0.25, -0.2) is 14.8 Å². The van der Waals surface area contributed by atoms with Crippen molar-refractivity contribution in [1.82, 2.24) is 25.2 Å². The Morgan fingerprint density at radius 3 is 2.55 bits per heavy atom. The minimum Gasteiger partial charge on any atom is -0.489 e. The maximum Gasteiger partial charge on any atom is 0.315 e. The second kappa shape index (κ2) is 12.3. The summed E-state index contributed by atoms with van der Waals surface area (Å²) in [5.74, 6) is 1.25. The van der Waals surface area contributed by atoms with Crippen LogP contribution < -0.4 is 21.1 Å². The lowest BCUT2D eigenvalue weighted by Crippen LogP contribution is -2.43. The lowest BCUT2D eigenvalue weighted by Gasteiger charge is -2.30. The van der Waals surface area contributed by atoms with E-state index in [2.05, 4.69) is 68.6 Å². The normalized spacial score (nSPS) is 16.7. The molecule has 0 spiro atoms. The van der Waals surface area contributed by atoms with Crippen molar-refractivity contribution in [2.24, 2.45) is 0 Å². The van der Waals surface area contributed by atoms with Crippen molar-refractivity contribution in [2.45, 2.75) is 57.8 Å². The largest absolute Gasteiger partial charge is 0.489 e. The van der Waals surface area contributed by atoms with Crippen LogP contribution in [0, 0.1) is 6.92 Å². The van der Waals surface area contributed by atoms with Gasteiger partial charge < -0.3 is 25.7 Å². The van der Waals surface area contributed by atoms with Gasteiger partial charge in [0.2, 0.25) is 0 Å². The predicted molar refractivity (Wildman–Crippen MR) is 166 cm³/mol. The number of aromatic nitrogens is 3. The van der Waals surface area contributed by atoms with Gasteiger partial charge in [-0.05, 0) is 61.4 Å². The van der Waals surface area contributed by atoms with Crippen LogP contribution in [0.5, 0.6) is 5.75 Å². The zero-order valence-electron chi connectivity index (χ0n) is 23.8. The van der Waals surface area contributed by atoms with Crippen LogP contribution in [-0.4, -0.2) is 26.6 Å². The Morgan fingerprint density at radius 2 is 1.74 bits per heavy atom. The molecule has 8 nitrogen and oxygen atoms in total. The number of benzene rings is 3. The van der Waals surface area contributed by atoms with E-state index in [1.54, 1.807) is 0 Å². The van der Waals surface area contributed by atoms with Gasteiger partial charge in [0.05, 0.1) is 5.39 Å². The summed E-state index contributed by atoms with van der Waals surface area (Å²) in [7, 11) is 0. The summed E-state index contributed by atoms with van der Waals surface area (Å²) < 4.78 is 8.35. The highest BCUT2D eigenvalue weighted by atomic mass is 16.5. The molecule has 42 heavy (non-hydrogen) atoms. The average molecular weight is 561 g/mol. The molecule has 0 unspecified atom stereocenters. The Balaban J connectivity index is 1.14. The molecule has 0 saturated heterocycles. The molecule has 2 heterocycles. The molecule has 8 heteroatoms. The molecule has 0 bridgehead atoms. The first-order chi connectivity index (χ1) is 20.5. The van der Waals surface area contributed by atoms with Gasteiger partial charge in [0.15, 0.2) is 0 Å². The molecule has 1 aliphatic rings. The molecular formula is C34H36N6O2. The fourth-order valence-corrected chi connectivity index (χ4v) is 5.84. The summed E-state index contributed by atoms with van der Waals surface area (Å²) in [4.78, 5) is 21.5. The zero-order chi connectivity index (χ0) is 28.9. The number of rotatable bonds is 8. The van der Waals surface area contributed by atoms with E-state index in [0.717, 1.165) is 64.7 Å². The third-order valence-corrected chi connectivity index (χ3v) is 7.99. The molecule has 1 saturated carbocycles. The predicted octanol–water partition coefficient (Wildman–Crippen LogP) is 6.55. The summed E-state index contributed by atoms with van der Waals surface area (Å²) in [5.41, 5.74) is 12.6. The van der Waals surface area contributed by atoms with E-state index >= 15 is 0 Å². The first kappa shape index (κ1) is 27.3. The number of nitrogen functional groups attached to an aromatic ring is 1. The first-order valence-corrected chi connectivity index (χ1v) is 14.5. The van der Waals surface area contributed by atoms with Crippen LogP contribution in [0.1, 0.15) is 48.4 Å². The van der Waals surface area contributed by atoms with Crippen molar-refractivity contribution < 1.29 is 9.53 Å². The fourth-order valence-electron chi connectivity index (χ4n) is 5.84. The maximum atomic E-state index is 12.6. The van der Waals surface area contributed by atoms with Gasteiger partial charge in [-0.1, -0.05) is 72.3 Å². The smallest absolute Gasteiger partial charge is 0.315 e. The van der Waals surface area contributed by atoms with Gasteiger partial charge in [0.25, 0.3) is 0 Å². The maximum absolute atomic E-state index is 12.6. The van der Waals surface area contributed by atoms with Gasteiger partial charge >= 0.3 is 6.03 Å². The second-order valence-corrected chi connectivity index (χ2v) is 11.0. The molecule has 0 aliphatic heterocycles. The molecule has 6 rings (SSSR count). The van der Waals surface area contributed by atoms with E-state index in [-0.39, 0.29) is 18.1 Å². The van der Waals surface area contributed by atoms with Crippen molar-refractivity contribution in [3.05, 3.63) is 108 Å². The van der Waals surface area contributed by atoms with Crippen molar-refractivity contribution in [2.75, 3.05) is 5.73 Å². The number of nitrogens with one attached hydrogen (secondary N) is 2. The summed E-state index contributed by atoms with van der Waals surface area (Å²) in [6.45, 7) is 3.07. The lowest BCUT2D eigenvalue weighted by molar-refractivity contribution is 0.227. The highest BCUT2D eigenvalue weighted by molar-refractivity contribution is 6.00. The number of anilines is 1. The van der Waals surface area contributed by atoms with Gasteiger partial charge in [-0.15, -0.1) is 0 Å². The monoisotopic (exact) mass is 560 g/mol. The highest BCUT2D eigenvalue weighted by Crippen LogP contribution is 2.39. The van der Waals surface area contributed by atoms with Gasteiger partial charge in [0, 0.05) is 30.4 Å². The van der Waals surface area contributed by atoms with Crippen LogP contribution in [0.2, 0.25) is 0 Å². The van der Waals surface area contributed by atoms with Crippen molar-refractivity contribution in [1.29, 1.82) is 0 Å². The van der Waals surface area contributed by atoms with Crippen molar-refractivity contribution >= 4 is 22.9 Å². The number of hydrogen-bond acceptors (Lipinski definition) is 5. The summed E-state index contributed by atoms with van der Waals surface area (Å²) in [6.07, 6.45) is 7.32. The Kier molecular flexibility index (Phi) is 8.03. The quantitative estimate of drug-likeness (QED) is 0.199. The second-order valence-electron chi connectivity index (χ2n) is 11.0. The van der Waals surface area contributed by atoms with E-state index < -0.39 is 0 Å². The molecule has 1 fully saturated rings. The number of aryl methyl sites for hydroxylation is 1. The molecule has 0 atom stereocenters. The first-order valence-electron chi connectivity index (χ1n) is 14.5. The number of carbonyl (C=O) groups is 1. The van der Waals surface area contributed by atoms with Crippen LogP contribution in [0.25, 0.3) is 22.2 Å². The fraction of sp³-hybridized carbons (Fsp3) is 0.265. The van der Waals surface area contributed by atoms with Crippen LogP contribution in [0.4, 0.5) is 10.6 Å². The van der Waals surface area contributed by atoms with E-state index in [4.69, 9.17) is 10.5 Å². The van der Waals surface area contributed by atoms with E-state index in [1.807, 2.05) is 48.5 Å². The Hall–Kier alpha value is -4.85. The molecule has 2 aromatic heterocycles. The lowest BCUT2D eigenvalue weighted by atomic mass is 9.91.